The van der Waals surface area contributed by atoms with Gasteiger partial charge in [-0.1, -0.05) is 30.3 Å². The van der Waals surface area contributed by atoms with E-state index in [1.165, 1.54) is 6.08 Å². The molecule has 0 radical (unpaired) electrons. The summed E-state index contributed by atoms with van der Waals surface area (Å²) >= 11 is 5.65. The first kappa shape index (κ1) is 16.8. The van der Waals surface area contributed by atoms with E-state index in [1.54, 1.807) is 17.1 Å². The maximum Gasteiger partial charge on any atom is 0.262 e. The van der Waals surface area contributed by atoms with Gasteiger partial charge >= 0.3 is 0 Å². The lowest BCUT2D eigenvalue weighted by molar-refractivity contribution is -0.117. The van der Waals surface area contributed by atoms with E-state index in [2.05, 4.69) is 10.4 Å². The minimum atomic E-state index is -0.408. The summed E-state index contributed by atoms with van der Waals surface area (Å²) in [5.41, 5.74) is 1.71. The Bertz CT molecular complexity index is 731. The van der Waals surface area contributed by atoms with Crippen LogP contribution in [0.1, 0.15) is 24.1 Å². The Morgan fingerprint density at radius 3 is 2.87 bits per heavy atom. The van der Waals surface area contributed by atoms with Crippen LogP contribution >= 0.6 is 11.6 Å². The van der Waals surface area contributed by atoms with Gasteiger partial charge in [-0.05, 0) is 18.6 Å². The summed E-state index contributed by atoms with van der Waals surface area (Å²) in [5.74, 6) is 0.0410. The van der Waals surface area contributed by atoms with E-state index in [0.29, 0.717) is 18.0 Å². The quantitative estimate of drug-likeness (QED) is 0.503. The van der Waals surface area contributed by atoms with E-state index in [9.17, 15) is 10.1 Å². The number of nitrogens with zero attached hydrogens (tertiary/aromatic N) is 3. The number of amides is 1. The summed E-state index contributed by atoms with van der Waals surface area (Å²) in [7, 11) is 0. The molecule has 0 saturated heterocycles. The number of carbonyl (C=O) groups excluding carboxylic acids is 1. The maximum absolute atomic E-state index is 12.2. The molecule has 1 aromatic heterocycles. The smallest absolute Gasteiger partial charge is 0.262 e. The number of carbonyl (C=O) groups is 1. The molecule has 2 aromatic rings. The lowest BCUT2D eigenvalue weighted by atomic mass is 10.1. The van der Waals surface area contributed by atoms with Crippen molar-refractivity contribution in [3.63, 3.8) is 0 Å². The Hall–Kier alpha value is -2.58. The van der Waals surface area contributed by atoms with Crippen molar-refractivity contribution in [1.29, 1.82) is 5.26 Å². The normalized spacial score (nSPS) is 12.5. The van der Waals surface area contributed by atoms with E-state index >= 15 is 0 Å². The molecule has 0 spiro atoms. The maximum atomic E-state index is 12.2. The minimum absolute atomic E-state index is 0.0400. The third-order valence-electron chi connectivity index (χ3n) is 3.29. The molecule has 0 aliphatic carbocycles. The lowest BCUT2D eigenvalue weighted by Gasteiger charge is -2.13. The van der Waals surface area contributed by atoms with Gasteiger partial charge in [0.05, 0.1) is 18.8 Å². The highest BCUT2D eigenvalue weighted by Crippen LogP contribution is 2.13. The Balaban J connectivity index is 2.09. The Morgan fingerprint density at radius 1 is 1.48 bits per heavy atom. The molecule has 118 valence electrons. The van der Waals surface area contributed by atoms with Gasteiger partial charge in [0.2, 0.25) is 0 Å². The van der Waals surface area contributed by atoms with Gasteiger partial charge in [0.25, 0.3) is 5.91 Å². The van der Waals surface area contributed by atoms with Crippen LogP contribution in [0.15, 0.2) is 48.3 Å². The second kappa shape index (κ2) is 8.16. The standard InChI is InChI=1S/C17H17ClN4O/c1-13(15-5-3-2-4-6-15)21-17(23)16(10-19)9-14-11-20-22(12-14)8-7-18/h2-6,9,11-13H,7-8H2,1H3,(H,21,23)/b16-9+. The van der Waals surface area contributed by atoms with Crippen molar-refractivity contribution in [3.8, 4) is 6.07 Å². The van der Waals surface area contributed by atoms with Crippen molar-refractivity contribution >= 4 is 23.6 Å². The van der Waals surface area contributed by atoms with Crippen molar-refractivity contribution in [3.05, 3.63) is 59.4 Å². The molecule has 0 bridgehead atoms. The van der Waals surface area contributed by atoms with Crippen molar-refractivity contribution in [2.75, 3.05) is 5.88 Å². The van der Waals surface area contributed by atoms with E-state index in [1.807, 2.05) is 43.3 Å². The summed E-state index contributed by atoms with van der Waals surface area (Å²) in [4.78, 5) is 12.2. The van der Waals surface area contributed by atoms with E-state index < -0.39 is 5.91 Å². The number of alkyl halides is 1. The van der Waals surface area contributed by atoms with Crippen LogP contribution < -0.4 is 5.32 Å². The van der Waals surface area contributed by atoms with Crippen LogP contribution in [-0.4, -0.2) is 21.6 Å². The minimum Gasteiger partial charge on any atom is -0.345 e. The van der Waals surface area contributed by atoms with Gasteiger partial charge in [0.1, 0.15) is 11.6 Å². The molecule has 1 amide bonds. The number of aryl methyl sites for hydroxylation is 1. The van der Waals surface area contributed by atoms with E-state index in [0.717, 1.165) is 5.56 Å². The van der Waals surface area contributed by atoms with E-state index in [-0.39, 0.29) is 11.6 Å². The second-order valence-corrected chi connectivity index (χ2v) is 5.38. The molecule has 0 aliphatic rings. The molecule has 6 heteroatoms. The molecule has 1 aromatic carbocycles. The summed E-state index contributed by atoms with van der Waals surface area (Å²) in [6.07, 6.45) is 4.86. The van der Waals surface area contributed by atoms with Gasteiger partial charge in [-0.2, -0.15) is 10.4 Å². The molecular weight excluding hydrogens is 312 g/mol. The predicted molar refractivity (Wildman–Crippen MR) is 89.5 cm³/mol. The molecule has 1 N–H and O–H groups in total. The van der Waals surface area contributed by atoms with Crippen molar-refractivity contribution < 1.29 is 4.79 Å². The third-order valence-corrected chi connectivity index (χ3v) is 3.46. The van der Waals surface area contributed by atoms with Crippen LogP contribution in [0.2, 0.25) is 0 Å². The van der Waals surface area contributed by atoms with E-state index in [4.69, 9.17) is 11.6 Å². The molecule has 1 atom stereocenters. The zero-order chi connectivity index (χ0) is 16.7. The SMILES string of the molecule is CC(NC(=O)/C(C#N)=C/c1cnn(CCCl)c1)c1ccccc1. The second-order valence-electron chi connectivity index (χ2n) is 5.00. The van der Waals surface area contributed by atoms with Crippen LogP contribution in [0, 0.1) is 11.3 Å². The molecule has 5 nitrogen and oxygen atoms in total. The number of rotatable bonds is 6. The summed E-state index contributed by atoms with van der Waals surface area (Å²) in [6, 6.07) is 11.3. The van der Waals surface area contributed by atoms with Gasteiger partial charge in [-0.15, -0.1) is 11.6 Å². The molecule has 2 rings (SSSR count). The first-order chi connectivity index (χ1) is 11.1. The average molecular weight is 329 g/mol. The average Bonchev–Trinajstić information content (AvgIpc) is 3.01. The highest BCUT2D eigenvalue weighted by Gasteiger charge is 2.14. The molecule has 23 heavy (non-hydrogen) atoms. The van der Waals surface area contributed by atoms with Crippen molar-refractivity contribution in [1.82, 2.24) is 15.1 Å². The fourth-order valence-electron chi connectivity index (χ4n) is 2.08. The number of hydrogen-bond donors (Lipinski definition) is 1. The first-order valence-corrected chi connectivity index (χ1v) is 7.73. The molecule has 0 aliphatic heterocycles. The molecule has 0 saturated carbocycles. The fourth-order valence-corrected chi connectivity index (χ4v) is 2.25. The lowest BCUT2D eigenvalue weighted by Crippen LogP contribution is -2.27. The number of benzene rings is 1. The molecular formula is C17H17ClN4O. The largest absolute Gasteiger partial charge is 0.345 e. The van der Waals surface area contributed by atoms with Gasteiger partial charge in [0.15, 0.2) is 0 Å². The number of hydrogen-bond acceptors (Lipinski definition) is 3. The van der Waals surface area contributed by atoms with Crippen LogP contribution in [0.25, 0.3) is 6.08 Å². The molecule has 1 heterocycles. The predicted octanol–water partition coefficient (Wildman–Crippen LogP) is 2.91. The number of halogens is 1. The summed E-state index contributed by atoms with van der Waals surface area (Å²) in [6.45, 7) is 2.45. The number of nitrogens with one attached hydrogen (secondary N) is 1. The van der Waals surface area contributed by atoms with Gasteiger partial charge in [-0.3, -0.25) is 9.48 Å². The Morgan fingerprint density at radius 2 is 2.22 bits per heavy atom. The zero-order valence-electron chi connectivity index (χ0n) is 12.7. The highest BCUT2D eigenvalue weighted by molar-refractivity contribution is 6.17. The summed E-state index contributed by atoms with van der Waals surface area (Å²) < 4.78 is 1.67. The van der Waals surface area contributed by atoms with Crippen LogP contribution in [0.3, 0.4) is 0 Å². The van der Waals surface area contributed by atoms with Gasteiger partial charge < -0.3 is 5.32 Å². The Labute approximate surface area is 140 Å². The summed E-state index contributed by atoms with van der Waals surface area (Å²) in [5, 5.41) is 16.2. The molecule has 1 unspecified atom stereocenters. The van der Waals surface area contributed by atoms with Crippen molar-refractivity contribution in [2.24, 2.45) is 0 Å². The topological polar surface area (TPSA) is 70.7 Å². The van der Waals surface area contributed by atoms with Crippen LogP contribution in [-0.2, 0) is 11.3 Å². The van der Waals surface area contributed by atoms with Gasteiger partial charge in [0, 0.05) is 17.6 Å². The van der Waals surface area contributed by atoms with Crippen LogP contribution in [0.5, 0.6) is 0 Å². The fraction of sp³-hybridized carbons (Fsp3) is 0.235. The zero-order valence-corrected chi connectivity index (χ0v) is 13.5. The Kier molecular flexibility index (Phi) is 5.95. The number of aromatic nitrogens is 2. The monoisotopic (exact) mass is 328 g/mol. The highest BCUT2D eigenvalue weighted by atomic mass is 35.5. The molecule has 0 fully saturated rings. The van der Waals surface area contributed by atoms with Crippen molar-refractivity contribution in [2.45, 2.75) is 19.5 Å². The van der Waals surface area contributed by atoms with Crippen LogP contribution in [0.4, 0.5) is 0 Å². The third kappa shape index (κ3) is 4.70. The number of nitriles is 1. The first-order valence-electron chi connectivity index (χ1n) is 7.20. The van der Waals surface area contributed by atoms with Gasteiger partial charge in [-0.25, -0.2) is 0 Å².